The van der Waals surface area contributed by atoms with Crippen LogP contribution in [0.3, 0.4) is 0 Å². The maximum atomic E-state index is 13.2. The molecule has 3 heterocycles. The molecule has 1 aromatic heterocycles. The van der Waals surface area contributed by atoms with Crippen molar-refractivity contribution in [2.24, 2.45) is 0 Å². The number of ether oxygens (including phenoxy) is 1. The molecule has 2 aliphatic heterocycles. The normalized spacial score (nSPS) is 21.7. The summed E-state index contributed by atoms with van der Waals surface area (Å²) in [4.78, 5) is 17.3. The van der Waals surface area contributed by atoms with Crippen molar-refractivity contribution >= 4 is 15.7 Å². The minimum Gasteiger partial charge on any atom is -0.497 e. The van der Waals surface area contributed by atoms with Crippen LogP contribution in [0.4, 0.5) is 0 Å². The highest BCUT2D eigenvalue weighted by molar-refractivity contribution is 7.91. The number of rotatable bonds is 4. The molecule has 1 atom stereocenters. The zero-order valence-electron chi connectivity index (χ0n) is 17.8. The first-order chi connectivity index (χ1) is 14.3. The summed E-state index contributed by atoms with van der Waals surface area (Å²) in [6.45, 7) is 6.69. The second kappa shape index (κ2) is 8.07. The zero-order valence-corrected chi connectivity index (χ0v) is 18.6. The van der Waals surface area contributed by atoms with Gasteiger partial charge in [-0.25, -0.2) is 8.42 Å². The van der Waals surface area contributed by atoms with Gasteiger partial charge in [-0.2, -0.15) is 0 Å². The second-order valence-corrected chi connectivity index (χ2v) is 10.4. The Morgan fingerprint density at radius 1 is 1.07 bits per heavy atom. The number of hydrogen-bond donors (Lipinski definition) is 0. The van der Waals surface area contributed by atoms with E-state index in [1.54, 1.807) is 7.11 Å². The van der Waals surface area contributed by atoms with Crippen LogP contribution in [0.15, 0.2) is 30.3 Å². The number of carbonyl (C=O) groups excluding carboxylic acids is 1. The van der Waals surface area contributed by atoms with Crippen LogP contribution in [0.5, 0.6) is 5.75 Å². The highest BCUT2D eigenvalue weighted by Gasteiger charge is 2.34. The highest BCUT2D eigenvalue weighted by atomic mass is 32.2. The highest BCUT2D eigenvalue weighted by Crippen LogP contribution is 2.25. The summed E-state index contributed by atoms with van der Waals surface area (Å²) in [5, 5.41) is 0. The van der Waals surface area contributed by atoms with Gasteiger partial charge in [0.2, 0.25) is 0 Å². The number of aryl methyl sites for hydroxylation is 1. The molecule has 8 heteroatoms. The SMILES string of the molecule is COc1ccc(-n2c(C)cc(C(=O)N3CCN(C4CCS(=O)(=O)C4)CC3)c2C)cc1. The van der Waals surface area contributed by atoms with E-state index in [9.17, 15) is 13.2 Å². The molecule has 0 spiro atoms. The van der Waals surface area contributed by atoms with Crippen LogP contribution in [0.1, 0.15) is 28.2 Å². The van der Waals surface area contributed by atoms with E-state index in [0.29, 0.717) is 19.5 Å². The predicted octanol–water partition coefficient (Wildman–Crippen LogP) is 2.05. The predicted molar refractivity (Wildman–Crippen MR) is 116 cm³/mol. The van der Waals surface area contributed by atoms with Gasteiger partial charge in [-0.3, -0.25) is 9.69 Å². The Balaban J connectivity index is 1.47. The number of amides is 1. The smallest absolute Gasteiger partial charge is 0.255 e. The molecule has 0 saturated carbocycles. The Hall–Kier alpha value is -2.32. The molecule has 2 fully saturated rings. The van der Waals surface area contributed by atoms with Gasteiger partial charge in [0.1, 0.15) is 5.75 Å². The monoisotopic (exact) mass is 431 g/mol. The Labute approximate surface area is 178 Å². The first-order valence-corrected chi connectivity index (χ1v) is 12.2. The number of methoxy groups -OCH3 is 1. The van der Waals surface area contributed by atoms with Gasteiger partial charge in [-0.1, -0.05) is 0 Å². The fourth-order valence-corrected chi connectivity index (χ4v) is 6.39. The fraction of sp³-hybridized carbons (Fsp3) is 0.500. The molecule has 162 valence electrons. The molecule has 2 aliphatic rings. The van der Waals surface area contributed by atoms with E-state index in [1.807, 2.05) is 49.1 Å². The quantitative estimate of drug-likeness (QED) is 0.741. The number of carbonyl (C=O) groups is 1. The van der Waals surface area contributed by atoms with E-state index in [0.717, 1.165) is 41.5 Å². The molecule has 0 bridgehead atoms. The third kappa shape index (κ3) is 3.98. The van der Waals surface area contributed by atoms with E-state index in [4.69, 9.17) is 4.74 Å². The van der Waals surface area contributed by atoms with Crippen molar-refractivity contribution in [3.8, 4) is 11.4 Å². The van der Waals surface area contributed by atoms with Crippen LogP contribution in [0, 0.1) is 13.8 Å². The molecule has 1 amide bonds. The minimum atomic E-state index is -2.89. The van der Waals surface area contributed by atoms with E-state index >= 15 is 0 Å². The first kappa shape index (κ1) is 20.9. The van der Waals surface area contributed by atoms with Crippen molar-refractivity contribution in [2.45, 2.75) is 26.3 Å². The summed E-state index contributed by atoms with van der Waals surface area (Å²) in [5.41, 5.74) is 3.65. The Morgan fingerprint density at radius 2 is 1.73 bits per heavy atom. The average Bonchev–Trinajstić information content (AvgIpc) is 3.26. The topological polar surface area (TPSA) is 71.8 Å². The lowest BCUT2D eigenvalue weighted by Crippen LogP contribution is -2.52. The third-order valence-corrected chi connectivity index (χ3v) is 8.07. The number of hydrogen-bond acceptors (Lipinski definition) is 5. The maximum absolute atomic E-state index is 13.2. The Kier molecular flexibility index (Phi) is 5.63. The van der Waals surface area contributed by atoms with Gasteiger partial charge in [-0.05, 0) is 50.6 Å². The molecule has 1 unspecified atom stereocenters. The number of benzene rings is 1. The van der Waals surface area contributed by atoms with Gasteiger partial charge in [-0.15, -0.1) is 0 Å². The lowest BCUT2D eigenvalue weighted by atomic mass is 10.1. The molecular weight excluding hydrogens is 402 g/mol. The second-order valence-electron chi connectivity index (χ2n) is 8.20. The van der Waals surface area contributed by atoms with Crippen LogP contribution in [-0.4, -0.2) is 79.5 Å². The number of aromatic nitrogens is 1. The molecule has 0 N–H and O–H groups in total. The number of sulfone groups is 1. The fourth-order valence-electron chi connectivity index (χ4n) is 4.63. The Bertz CT molecular complexity index is 1040. The summed E-state index contributed by atoms with van der Waals surface area (Å²) >= 11 is 0. The molecule has 2 saturated heterocycles. The van der Waals surface area contributed by atoms with E-state index in [1.165, 1.54) is 0 Å². The van der Waals surface area contributed by atoms with Crippen molar-refractivity contribution in [3.05, 3.63) is 47.3 Å². The van der Waals surface area contributed by atoms with Crippen molar-refractivity contribution < 1.29 is 17.9 Å². The van der Waals surface area contributed by atoms with Crippen LogP contribution in [-0.2, 0) is 9.84 Å². The maximum Gasteiger partial charge on any atom is 0.255 e. The average molecular weight is 432 g/mol. The van der Waals surface area contributed by atoms with Crippen molar-refractivity contribution in [3.63, 3.8) is 0 Å². The lowest BCUT2D eigenvalue weighted by molar-refractivity contribution is 0.0587. The van der Waals surface area contributed by atoms with Gasteiger partial charge in [0.15, 0.2) is 9.84 Å². The largest absolute Gasteiger partial charge is 0.497 e. The molecule has 0 aliphatic carbocycles. The van der Waals surface area contributed by atoms with Gasteiger partial charge in [0.05, 0.1) is 24.2 Å². The first-order valence-electron chi connectivity index (χ1n) is 10.4. The van der Waals surface area contributed by atoms with E-state index < -0.39 is 9.84 Å². The van der Waals surface area contributed by atoms with Gasteiger partial charge in [0, 0.05) is 49.3 Å². The zero-order chi connectivity index (χ0) is 21.5. The molecule has 0 radical (unpaired) electrons. The molecule has 4 rings (SSSR count). The summed E-state index contributed by atoms with van der Waals surface area (Å²) < 4.78 is 30.9. The minimum absolute atomic E-state index is 0.0431. The number of nitrogens with zero attached hydrogens (tertiary/aromatic N) is 3. The summed E-state index contributed by atoms with van der Waals surface area (Å²) in [6.07, 6.45) is 0.708. The lowest BCUT2D eigenvalue weighted by Gasteiger charge is -2.37. The van der Waals surface area contributed by atoms with Crippen molar-refractivity contribution in [1.29, 1.82) is 0 Å². The van der Waals surface area contributed by atoms with E-state index in [-0.39, 0.29) is 23.5 Å². The molecule has 7 nitrogen and oxygen atoms in total. The van der Waals surface area contributed by atoms with Gasteiger partial charge >= 0.3 is 0 Å². The van der Waals surface area contributed by atoms with E-state index in [2.05, 4.69) is 9.47 Å². The molecule has 1 aromatic carbocycles. The van der Waals surface area contributed by atoms with Crippen LogP contribution in [0.2, 0.25) is 0 Å². The van der Waals surface area contributed by atoms with Crippen LogP contribution >= 0.6 is 0 Å². The van der Waals surface area contributed by atoms with Gasteiger partial charge < -0.3 is 14.2 Å². The Morgan fingerprint density at radius 3 is 2.30 bits per heavy atom. The van der Waals surface area contributed by atoms with Crippen LogP contribution in [0.25, 0.3) is 5.69 Å². The number of piperazine rings is 1. The summed E-state index contributed by atoms with van der Waals surface area (Å²) in [5.74, 6) is 1.38. The third-order valence-electron chi connectivity index (χ3n) is 6.32. The molecule has 2 aromatic rings. The standard InChI is InChI=1S/C22H29N3O4S/c1-16-14-21(17(2)25(16)18-4-6-20(29-3)7-5-18)22(26)24-11-9-23(10-12-24)19-8-13-30(27,28)15-19/h4-7,14,19H,8-13,15H2,1-3H3. The summed E-state index contributed by atoms with van der Waals surface area (Å²) in [6, 6.07) is 9.87. The van der Waals surface area contributed by atoms with Crippen molar-refractivity contribution in [1.82, 2.24) is 14.4 Å². The van der Waals surface area contributed by atoms with Crippen molar-refractivity contribution in [2.75, 3.05) is 44.8 Å². The van der Waals surface area contributed by atoms with Gasteiger partial charge in [0.25, 0.3) is 5.91 Å². The molecular formula is C22H29N3O4S. The molecule has 30 heavy (non-hydrogen) atoms. The summed E-state index contributed by atoms with van der Waals surface area (Å²) in [7, 11) is -1.25. The van der Waals surface area contributed by atoms with Crippen LogP contribution < -0.4 is 4.74 Å².